The van der Waals surface area contributed by atoms with E-state index >= 15 is 0 Å². The summed E-state index contributed by atoms with van der Waals surface area (Å²) in [7, 11) is 0. The molecule has 2 nitrogen and oxygen atoms in total. The van der Waals surface area contributed by atoms with Crippen LogP contribution in [0, 0.1) is 0 Å². The van der Waals surface area contributed by atoms with Crippen LogP contribution in [0.4, 0.5) is 0 Å². The first-order valence-corrected chi connectivity index (χ1v) is 13.6. The number of unbranched alkanes of at least 4 members (excludes halogenated alkanes) is 15. The number of hydrogen-bond donors (Lipinski definition) is 0. The summed E-state index contributed by atoms with van der Waals surface area (Å²) in [6.07, 6.45) is 23.8. The molecule has 0 saturated carbocycles. The predicted molar refractivity (Wildman–Crippen MR) is 136 cm³/mol. The molecule has 0 aliphatic carbocycles. The van der Waals surface area contributed by atoms with Crippen LogP contribution in [0.2, 0.25) is 0 Å². The van der Waals surface area contributed by atoms with Gasteiger partial charge >= 0.3 is 0 Å². The summed E-state index contributed by atoms with van der Waals surface area (Å²) < 4.78 is 11.9. The minimum atomic E-state index is 0.210. The summed E-state index contributed by atoms with van der Waals surface area (Å²) in [6, 6.07) is 10.4. The maximum Gasteiger partial charge on any atom is 0.0810 e. The first kappa shape index (κ1) is 28.2. The predicted octanol–water partition coefficient (Wildman–Crippen LogP) is 9.26. The van der Waals surface area contributed by atoms with Gasteiger partial charge in [-0.3, -0.25) is 0 Å². The number of ether oxygens (including phenoxy) is 2. The highest BCUT2D eigenvalue weighted by Crippen LogP contribution is 2.14. The lowest BCUT2D eigenvalue weighted by Gasteiger charge is -2.16. The van der Waals surface area contributed by atoms with Crippen molar-refractivity contribution in [1.29, 1.82) is 0 Å². The second-order valence-electron chi connectivity index (χ2n) is 9.21. The summed E-state index contributed by atoms with van der Waals surface area (Å²) >= 11 is 0. The molecule has 0 bridgehead atoms. The topological polar surface area (TPSA) is 18.5 Å². The van der Waals surface area contributed by atoms with Crippen LogP contribution in [0.1, 0.15) is 129 Å². The second-order valence-corrected chi connectivity index (χ2v) is 9.21. The molecule has 0 N–H and O–H groups in total. The number of rotatable bonds is 23. The molecule has 1 atom stereocenters. The lowest BCUT2D eigenvalue weighted by Crippen LogP contribution is -2.19. The molecule has 180 valence electrons. The van der Waals surface area contributed by atoms with E-state index in [-0.39, 0.29) is 6.10 Å². The zero-order chi connectivity index (χ0) is 22.2. The molecule has 31 heavy (non-hydrogen) atoms. The van der Waals surface area contributed by atoms with Crippen LogP contribution < -0.4 is 0 Å². The molecular weight excluding hydrogens is 380 g/mol. The highest BCUT2D eigenvalue weighted by Gasteiger charge is 2.07. The zero-order valence-corrected chi connectivity index (χ0v) is 20.9. The highest BCUT2D eigenvalue weighted by molar-refractivity contribution is 5.13. The Kier molecular flexibility index (Phi) is 20.3. The highest BCUT2D eigenvalue weighted by atomic mass is 16.5. The van der Waals surface area contributed by atoms with Gasteiger partial charge < -0.3 is 9.47 Å². The molecule has 0 aliphatic heterocycles. The van der Waals surface area contributed by atoms with Crippen molar-refractivity contribution in [3.63, 3.8) is 0 Å². The van der Waals surface area contributed by atoms with Crippen LogP contribution in [-0.4, -0.2) is 19.3 Å². The van der Waals surface area contributed by atoms with E-state index in [0.717, 1.165) is 19.6 Å². The Morgan fingerprint density at radius 3 is 1.58 bits per heavy atom. The number of hydrogen-bond acceptors (Lipinski definition) is 2. The van der Waals surface area contributed by atoms with Crippen molar-refractivity contribution >= 4 is 0 Å². The molecule has 1 aromatic rings. The Morgan fingerprint density at radius 1 is 0.613 bits per heavy atom. The van der Waals surface area contributed by atoms with Crippen molar-refractivity contribution in [3.8, 4) is 0 Å². The van der Waals surface area contributed by atoms with Crippen LogP contribution >= 0.6 is 0 Å². The summed E-state index contributed by atoms with van der Waals surface area (Å²) in [5.41, 5.74) is 1.23. The first-order valence-electron chi connectivity index (χ1n) is 13.6. The molecule has 0 aromatic heterocycles. The maximum atomic E-state index is 5.99. The zero-order valence-electron chi connectivity index (χ0n) is 20.9. The Balaban J connectivity index is 1.78. The van der Waals surface area contributed by atoms with Gasteiger partial charge in [-0.1, -0.05) is 140 Å². The van der Waals surface area contributed by atoms with Crippen LogP contribution in [0.3, 0.4) is 0 Å². The fourth-order valence-electron chi connectivity index (χ4n) is 4.04. The third-order valence-electron chi connectivity index (χ3n) is 6.23. The molecule has 0 radical (unpaired) electrons. The van der Waals surface area contributed by atoms with E-state index in [2.05, 4.69) is 38.1 Å². The largest absolute Gasteiger partial charge is 0.379 e. The Labute approximate surface area is 194 Å². The third kappa shape index (κ3) is 18.4. The van der Waals surface area contributed by atoms with Crippen molar-refractivity contribution in [2.75, 3.05) is 13.2 Å². The van der Waals surface area contributed by atoms with Crippen LogP contribution in [-0.2, 0) is 16.1 Å². The fourth-order valence-corrected chi connectivity index (χ4v) is 4.04. The molecule has 0 heterocycles. The van der Waals surface area contributed by atoms with Crippen LogP contribution in [0.25, 0.3) is 0 Å². The van der Waals surface area contributed by atoms with Crippen molar-refractivity contribution < 1.29 is 9.47 Å². The van der Waals surface area contributed by atoms with E-state index in [4.69, 9.17) is 9.47 Å². The molecule has 0 spiro atoms. The van der Waals surface area contributed by atoms with Crippen molar-refractivity contribution in [2.24, 2.45) is 0 Å². The fraction of sp³-hybridized carbons (Fsp3) is 0.793. The first-order chi connectivity index (χ1) is 15.4. The average molecular weight is 433 g/mol. The van der Waals surface area contributed by atoms with Gasteiger partial charge in [-0.05, 0) is 18.4 Å². The lowest BCUT2D eigenvalue weighted by atomic mass is 10.0. The quantitative estimate of drug-likeness (QED) is 0.160. The smallest absolute Gasteiger partial charge is 0.0810 e. The van der Waals surface area contributed by atoms with E-state index in [1.807, 2.05) is 6.07 Å². The van der Waals surface area contributed by atoms with Gasteiger partial charge in [0.2, 0.25) is 0 Å². The van der Waals surface area contributed by atoms with Gasteiger partial charge in [0.15, 0.2) is 0 Å². The molecule has 0 amide bonds. The van der Waals surface area contributed by atoms with Crippen LogP contribution in [0.5, 0.6) is 0 Å². The molecule has 1 rings (SSSR count). The van der Waals surface area contributed by atoms with E-state index in [1.54, 1.807) is 0 Å². The van der Waals surface area contributed by atoms with Gasteiger partial charge in [0.25, 0.3) is 0 Å². The standard InChI is InChI=1S/C29H52O2/c1-3-5-6-7-8-9-10-11-12-13-14-15-16-17-18-22-25-30-27-29(4-2)31-26-28-23-20-19-21-24-28/h19-21,23-24,29H,3-18,22,25-27H2,1-2H3. The van der Waals surface area contributed by atoms with E-state index in [0.29, 0.717) is 6.61 Å². The Bertz CT molecular complexity index is 459. The van der Waals surface area contributed by atoms with Crippen molar-refractivity contribution in [3.05, 3.63) is 35.9 Å². The van der Waals surface area contributed by atoms with Gasteiger partial charge in [-0.15, -0.1) is 0 Å². The average Bonchev–Trinajstić information content (AvgIpc) is 2.81. The Hall–Kier alpha value is -0.860. The minimum Gasteiger partial charge on any atom is -0.379 e. The summed E-state index contributed by atoms with van der Waals surface area (Å²) in [4.78, 5) is 0. The Morgan fingerprint density at radius 2 is 1.10 bits per heavy atom. The normalized spacial score (nSPS) is 12.3. The molecule has 0 fully saturated rings. The molecule has 1 unspecified atom stereocenters. The van der Waals surface area contributed by atoms with E-state index in [9.17, 15) is 0 Å². The van der Waals surface area contributed by atoms with E-state index < -0.39 is 0 Å². The molecule has 0 aliphatic rings. The van der Waals surface area contributed by atoms with Gasteiger partial charge in [-0.25, -0.2) is 0 Å². The monoisotopic (exact) mass is 432 g/mol. The molecule has 0 saturated heterocycles. The SMILES string of the molecule is CCCCCCCCCCCCCCCCCCOCC(CC)OCc1ccccc1. The van der Waals surface area contributed by atoms with Gasteiger partial charge in [0.1, 0.15) is 0 Å². The van der Waals surface area contributed by atoms with Gasteiger partial charge in [-0.2, -0.15) is 0 Å². The molecule has 1 aromatic carbocycles. The van der Waals surface area contributed by atoms with Gasteiger partial charge in [0.05, 0.1) is 19.3 Å². The van der Waals surface area contributed by atoms with Crippen molar-refractivity contribution in [1.82, 2.24) is 0 Å². The number of benzene rings is 1. The summed E-state index contributed by atoms with van der Waals surface area (Å²) in [5.74, 6) is 0. The molecule has 2 heteroatoms. The lowest BCUT2D eigenvalue weighted by molar-refractivity contribution is -0.0269. The van der Waals surface area contributed by atoms with E-state index in [1.165, 1.54) is 108 Å². The van der Waals surface area contributed by atoms with Crippen LogP contribution in [0.15, 0.2) is 30.3 Å². The van der Waals surface area contributed by atoms with Gasteiger partial charge in [0, 0.05) is 6.61 Å². The summed E-state index contributed by atoms with van der Waals surface area (Å²) in [5, 5.41) is 0. The summed E-state index contributed by atoms with van der Waals surface area (Å²) in [6.45, 7) is 6.75. The minimum absolute atomic E-state index is 0.210. The maximum absolute atomic E-state index is 5.99. The second kappa shape index (κ2) is 22.3. The third-order valence-corrected chi connectivity index (χ3v) is 6.23. The van der Waals surface area contributed by atoms with Crippen molar-refractivity contribution in [2.45, 2.75) is 136 Å². The molecular formula is C29H52O2.